The molecule has 0 unspecified atom stereocenters. The van der Waals surface area contributed by atoms with Crippen molar-refractivity contribution in [2.45, 2.75) is 0 Å². The molecule has 36 heavy (non-hydrogen) atoms. The lowest BCUT2D eigenvalue weighted by Crippen LogP contribution is -2.21. The van der Waals surface area contributed by atoms with Gasteiger partial charge in [-0.3, -0.25) is 0 Å². The second-order valence-corrected chi connectivity index (χ2v) is 6.60. The minimum atomic E-state index is -1.41. The molecule has 0 fully saturated rings. The van der Waals surface area contributed by atoms with Crippen LogP contribution in [0.3, 0.4) is 0 Å². The highest BCUT2D eigenvalue weighted by Crippen LogP contribution is 2.17. The molecule has 0 aliphatic rings. The lowest BCUT2D eigenvalue weighted by Gasteiger charge is -2.10. The second-order valence-electron chi connectivity index (χ2n) is 6.60. The zero-order valence-corrected chi connectivity index (χ0v) is 18.5. The van der Waals surface area contributed by atoms with E-state index in [-0.39, 0.29) is 11.1 Å². The second kappa shape index (κ2) is 12.2. The number of ether oxygens (including phenoxy) is 2. The summed E-state index contributed by atoms with van der Waals surface area (Å²) < 4.78 is 9.47. The van der Waals surface area contributed by atoms with Gasteiger partial charge in [0.15, 0.2) is 0 Å². The first-order valence-corrected chi connectivity index (χ1v) is 9.97. The molecule has 0 bridgehead atoms. The van der Waals surface area contributed by atoms with Gasteiger partial charge in [0.05, 0.1) is 33.4 Å². The number of carbonyl (C=O) groups is 6. The van der Waals surface area contributed by atoms with Gasteiger partial charge in [0.1, 0.15) is 0 Å². The van der Waals surface area contributed by atoms with Crippen LogP contribution in [-0.4, -0.2) is 46.0 Å². The number of hydrogen-bond acceptors (Lipinski definition) is 8. The molecule has 10 heteroatoms. The van der Waals surface area contributed by atoms with Gasteiger partial charge in [0.25, 0.3) is 0 Å². The number of benzene rings is 3. The van der Waals surface area contributed by atoms with E-state index >= 15 is 0 Å². The van der Waals surface area contributed by atoms with Crippen LogP contribution >= 0.6 is 0 Å². The molecule has 0 spiro atoms. The average molecular weight is 490 g/mol. The van der Waals surface area contributed by atoms with Crippen molar-refractivity contribution in [1.82, 2.24) is 0 Å². The molecule has 0 heterocycles. The molecule has 0 atom stereocenters. The lowest BCUT2D eigenvalue weighted by atomic mass is 10.1. The molecule has 3 aromatic carbocycles. The molecule has 2 N–H and O–H groups in total. The quantitative estimate of drug-likeness (QED) is 0.295. The first kappa shape index (κ1) is 26.9. The maximum absolute atomic E-state index is 12.6. The summed E-state index contributed by atoms with van der Waals surface area (Å²) in [5.41, 5.74) is -2.43. The van der Waals surface area contributed by atoms with Gasteiger partial charge in [0.2, 0.25) is 0 Å². The fourth-order valence-electron chi connectivity index (χ4n) is 2.92. The van der Waals surface area contributed by atoms with Crippen molar-refractivity contribution >= 4 is 35.8 Å². The number of rotatable bonds is 6. The summed E-state index contributed by atoms with van der Waals surface area (Å²) in [6.07, 6.45) is 0. The van der Waals surface area contributed by atoms with Crippen molar-refractivity contribution in [1.29, 1.82) is 0 Å². The number of carboxylic acid groups (broad SMARTS) is 2. The normalized spacial score (nSPS) is 9.67. The molecule has 3 aromatic rings. The highest BCUT2D eigenvalue weighted by atomic mass is 16.6. The van der Waals surface area contributed by atoms with E-state index in [1.807, 2.05) is 0 Å². The first-order valence-electron chi connectivity index (χ1n) is 9.97. The van der Waals surface area contributed by atoms with Gasteiger partial charge >= 0.3 is 35.8 Å². The minimum Gasteiger partial charge on any atom is -0.478 e. The van der Waals surface area contributed by atoms with E-state index < -0.39 is 58.1 Å². The van der Waals surface area contributed by atoms with Crippen LogP contribution in [0.5, 0.6) is 0 Å². The molecule has 0 aromatic heterocycles. The van der Waals surface area contributed by atoms with Crippen molar-refractivity contribution in [3.05, 3.63) is 119 Å². The summed E-state index contributed by atoms with van der Waals surface area (Å²) >= 11 is 0. The van der Waals surface area contributed by atoms with Crippen molar-refractivity contribution < 1.29 is 48.5 Å². The highest BCUT2D eigenvalue weighted by molar-refractivity contribution is 6.13. The van der Waals surface area contributed by atoms with Crippen LogP contribution in [0.1, 0.15) is 62.1 Å². The molecule has 0 saturated carbocycles. The van der Waals surface area contributed by atoms with Gasteiger partial charge in [-0.15, -0.1) is 13.2 Å². The third-order valence-corrected chi connectivity index (χ3v) is 4.49. The van der Waals surface area contributed by atoms with Crippen LogP contribution in [0.25, 0.3) is 0 Å². The monoisotopic (exact) mass is 490 g/mol. The van der Waals surface area contributed by atoms with Crippen LogP contribution in [0.2, 0.25) is 0 Å². The third kappa shape index (κ3) is 6.14. The predicted octanol–water partition coefficient (Wildman–Crippen LogP) is 3.88. The predicted molar refractivity (Wildman–Crippen MR) is 124 cm³/mol. The van der Waals surface area contributed by atoms with E-state index in [1.54, 1.807) is 0 Å². The molecule has 10 nitrogen and oxygen atoms in total. The number of carboxylic acids is 2. The Kier molecular flexibility index (Phi) is 9.10. The third-order valence-electron chi connectivity index (χ3n) is 4.49. The van der Waals surface area contributed by atoms with Gasteiger partial charge in [-0.1, -0.05) is 36.4 Å². The Morgan fingerprint density at radius 3 is 0.861 bits per heavy atom. The maximum atomic E-state index is 12.6. The summed E-state index contributed by atoms with van der Waals surface area (Å²) in [5.74, 6) is -7.95. The fraction of sp³-hybridized carbons (Fsp3) is 0. The molecule has 182 valence electrons. The zero-order valence-electron chi connectivity index (χ0n) is 18.5. The first-order chi connectivity index (χ1) is 17.2. The van der Waals surface area contributed by atoms with Crippen LogP contribution in [0.15, 0.2) is 86.0 Å². The van der Waals surface area contributed by atoms with Gasteiger partial charge < -0.3 is 19.7 Å². The van der Waals surface area contributed by atoms with Crippen LogP contribution < -0.4 is 0 Å². The van der Waals surface area contributed by atoms with E-state index in [2.05, 4.69) is 13.2 Å². The molecular weight excluding hydrogens is 472 g/mol. The Labute approximate surface area is 204 Å². The topological polar surface area (TPSA) is 161 Å². The molecule has 0 radical (unpaired) electrons. The summed E-state index contributed by atoms with van der Waals surface area (Å²) in [5, 5.41) is 18.4. The molecule has 0 aliphatic carbocycles. The SMILES string of the molecule is C=C.O=C(O)c1ccccc1C(=O)OC(=O)c1ccccc1C(=O)OC(=O)c1ccccc1C(=O)O. The van der Waals surface area contributed by atoms with Gasteiger partial charge in [-0.2, -0.15) is 0 Å². The van der Waals surface area contributed by atoms with Gasteiger partial charge in [-0.05, 0) is 36.4 Å². The van der Waals surface area contributed by atoms with Crippen LogP contribution in [0.4, 0.5) is 0 Å². The number of aromatic carboxylic acids is 2. The van der Waals surface area contributed by atoms with E-state index in [1.165, 1.54) is 36.4 Å². The maximum Gasteiger partial charge on any atom is 0.346 e. The zero-order chi connectivity index (χ0) is 26.8. The van der Waals surface area contributed by atoms with Crippen LogP contribution in [0, 0.1) is 0 Å². The summed E-state index contributed by atoms with van der Waals surface area (Å²) in [7, 11) is 0. The van der Waals surface area contributed by atoms with Crippen molar-refractivity contribution in [2.24, 2.45) is 0 Å². The summed E-state index contributed by atoms with van der Waals surface area (Å²) in [4.78, 5) is 72.5. The molecular formula is C26H18O10. The van der Waals surface area contributed by atoms with E-state index in [0.29, 0.717) is 0 Å². The van der Waals surface area contributed by atoms with Crippen molar-refractivity contribution in [3.8, 4) is 0 Å². The number of carbonyl (C=O) groups excluding carboxylic acids is 4. The molecule has 3 rings (SSSR count). The number of esters is 4. The Morgan fingerprint density at radius 1 is 0.444 bits per heavy atom. The molecule has 0 saturated heterocycles. The summed E-state index contributed by atoms with van der Waals surface area (Å²) in [6.45, 7) is 6.00. The highest BCUT2D eigenvalue weighted by Gasteiger charge is 2.26. The smallest absolute Gasteiger partial charge is 0.346 e. The standard InChI is InChI=1S/C24H14O10.C2H4/c25-19(26)13-7-1-3-9-15(13)21(29)33-23(31)17-11-5-6-12-18(17)24(32)34-22(30)16-10-4-2-8-14(16)20(27)28;1-2/h1-12H,(H,25,26)(H,27,28);1-2H2. The molecule has 0 amide bonds. The Morgan fingerprint density at radius 2 is 0.639 bits per heavy atom. The van der Waals surface area contributed by atoms with Gasteiger partial charge in [-0.25, -0.2) is 28.8 Å². The fourth-order valence-corrected chi connectivity index (χ4v) is 2.92. The lowest BCUT2D eigenvalue weighted by molar-refractivity contribution is 0.0354. The largest absolute Gasteiger partial charge is 0.478 e. The Balaban J connectivity index is 0.00000222. The average Bonchev–Trinajstić information content (AvgIpc) is 2.89. The van der Waals surface area contributed by atoms with Gasteiger partial charge in [0, 0.05) is 0 Å². The molecule has 0 aliphatic heterocycles. The summed E-state index contributed by atoms with van der Waals surface area (Å²) in [6, 6.07) is 15.1. The van der Waals surface area contributed by atoms with Crippen molar-refractivity contribution in [3.63, 3.8) is 0 Å². The van der Waals surface area contributed by atoms with E-state index in [0.717, 1.165) is 36.4 Å². The van der Waals surface area contributed by atoms with E-state index in [9.17, 15) is 39.0 Å². The number of hydrogen-bond donors (Lipinski definition) is 2. The Bertz CT molecular complexity index is 1250. The van der Waals surface area contributed by atoms with Crippen molar-refractivity contribution in [2.75, 3.05) is 0 Å². The van der Waals surface area contributed by atoms with E-state index in [4.69, 9.17) is 9.47 Å². The Hall–Kier alpha value is -5.38. The van der Waals surface area contributed by atoms with Crippen LogP contribution in [-0.2, 0) is 9.47 Å². The minimum absolute atomic E-state index is 0.385.